The highest BCUT2D eigenvalue weighted by Gasteiger charge is 2.39. The quantitative estimate of drug-likeness (QED) is 0.760. The van der Waals surface area contributed by atoms with Crippen LogP contribution in [0.25, 0.3) is 0 Å². The first-order chi connectivity index (χ1) is 10.7. The van der Waals surface area contributed by atoms with Crippen molar-refractivity contribution in [2.75, 3.05) is 11.4 Å². The van der Waals surface area contributed by atoms with Gasteiger partial charge in [0.15, 0.2) is 5.69 Å². The van der Waals surface area contributed by atoms with E-state index in [1.54, 1.807) is 4.57 Å². The minimum atomic E-state index is -4.42. The monoisotopic (exact) mass is 323 g/mol. The number of aromatic nitrogens is 2. The van der Waals surface area contributed by atoms with Crippen LogP contribution in [0.3, 0.4) is 0 Å². The molecule has 0 spiro atoms. The van der Waals surface area contributed by atoms with Gasteiger partial charge >= 0.3 is 6.18 Å². The van der Waals surface area contributed by atoms with Gasteiger partial charge in [0.05, 0.1) is 0 Å². The summed E-state index contributed by atoms with van der Waals surface area (Å²) in [7, 11) is 0. The molecule has 0 bridgehead atoms. The van der Waals surface area contributed by atoms with Gasteiger partial charge in [-0.05, 0) is 45.2 Å². The zero-order valence-electron chi connectivity index (χ0n) is 13.8. The smallest absolute Gasteiger partial charge is 0.314 e. The minimum absolute atomic E-state index is 0.194. The summed E-state index contributed by atoms with van der Waals surface area (Å²) in [6.45, 7) is 8.76. The number of hydrogen-bond donors (Lipinski definition) is 0. The first kappa shape index (κ1) is 15.9. The van der Waals surface area contributed by atoms with E-state index in [0.29, 0.717) is 19.0 Å². The lowest BCUT2D eigenvalue weighted by molar-refractivity contribution is -0.141. The van der Waals surface area contributed by atoms with Crippen LogP contribution in [-0.4, -0.2) is 16.1 Å². The predicted molar refractivity (Wildman–Crippen MR) is 84.2 cm³/mol. The van der Waals surface area contributed by atoms with Crippen LogP contribution in [0.15, 0.2) is 12.1 Å². The first-order valence-corrected chi connectivity index (χ1v) is 7.70. The molecule has 3 rings (SSSR count). The number of benzene rings is 1. The van der Waals surface area contributed by atoms with Gasteiger partial charge in [0.1, 0.15) is 0 Å². The first-order valence-electron chi connectivity index (χ1n) is 7.70. The molecular weight excluding hydrogens is 303 g/mol. The summed E-state index contributed by atoms with van der Waals surface area (Å²) in [5, 5.41) is 0. The second-order valence-electron chi connectivity index (χ2n) is 6.25. The molecule has 1 aromatic heterocycles. The Bertz CT molecular complexity index is 736. The largest absolute Gasteiger partial charge is 0.435 e. The summed E-state index contributed by atoms with van der Waals surface area (Å²) in [6, 6.07) is 4.11. The third-order valence-corrected chi connectivity index (χ3v) is 4.38. The molecule has 0 saturated carbocycles. The van der Waals surface area contributed by atoms with Gasteiger partial charge in [-0.3, -0.25) is 0 Å². The Morgan fingerprint density at radius 1 is 1.00 bits per heavy atom. The van der Waals surface area contributed by atoms with Gasteiger partial charge in [0.25, 0.3) is 0 Å². The molecule has 1 aliphatic heterocycles. The van der Waals surface area contributed by atoms with Gasteiger partial charge in [-0.2, -0.15) is 13.2 Å². The van der Waals surface area contributed by atoms with Crippen LogP contribution in [0.5, 0.6) is 0 Å². The number of anilines is 2. The van der Waals surface area contributed by atoms with E-state index in [4.69, 9.17) is 0 Å². The van der Waals surface area contributed by atoms with Crippen molar-refractivity contribution >= 4 is 11.6 Å². The maximum absolute atomic E-state index is 13.2. The van der Waals surface area contributed by atoms with E-state index in [9.17, 15) is 13.2 Å². The summed E-state index contributed by atoms with van der Waals surface area (Å²) in [6.07, 6.45) is -3.62. The molecule has 0 atom stereocenters. The van der Waals surface area contributed by atoms with Gasteiger partial charge in [-0.15, -0.1) is 0 Å². The molecule has 0 saturated heterocycles. The highest BCUT2D eigenvalue weighted by atomic mass is 19.4. The van der Waals surface area contributed by atoms with Crippen molar-refractivity contribution in [2.24, 2.45) is 0 Å². The molecule has 6 heteroatoms. The zero-order chi connectivity index (χ0) is 16.9. The molecule has 2 aromatic rings. The van der Waals surface area contributed by atoms with Crippen molar-refractivity contribution in [1.29, 1.82) is 0 Å². The lowest BCUT2D eigenvalue weighted by Gasteiger charge is -2.32. The SMILES string of the molecule is Cc1cc(C)c(N2CCCn3c2nc(C(F)(F)F)c3C)c(C)c1. The molecule has 0 N–H and O–H groups in total. The minimum Gasteiger partial charge on any atom is -0.314 e. The van der Waals surface area contributed by atoms with Crippen molar-refractivity contribution < 1.29 is 13.2 Å². The second kappa shape index (κ2) is 5.28. The fourth-order valence-electron chi connectivity index (χ4n) is 3.56. The average molecular weight is 323 g/mol. The zero-order valence-corrected chi connectivity index (χ0v) is 13.8. The molecule has 1 aliphatic rings. The topological polar surface area (TPSA) is 21.1 Å². The van der Waals surface area contributed by atoms with Crippen molar-refractivity contribution in [3.05, 3.63) is 40.2 Å². The van der Waals surface area contributed by atoms with Gasteiger partial charge < -0.3 is 9.47 Å². The summed E-state index contributed by atoms with van der Waals surface area (Å²) < 4.78 is 41.2. The Kier molecular flexibility index (Phi) is 3.65. The van der Waals surface area contributed by atoms with Crippen molar-refractivity contribution in [1.82, 2.24) is 9.55 Å². The van der Waals surface area contributed by atoms with Crippen LogP contribution in [0.2, 0.25) is 0 Å². The van der Waals surface area contributed by atoms with E-state index < -0.39 is 11.9 Å². The summed E-state index contributed by atoms with van der Waals surface area (Å²) >= 11 is 0. The molecule has 2 heterocycles. The van der Waals surface area contributed by atoms with E-state index in [-0.39, 0.29) is 5.69 Å². The third kappa shape index (κ3) is 2.60. The number of fused-ring (bicyclic) bond motifs is 1. The van der Waals surface area contributed by atoms with E-state index in [2.05, 4.69) is 17.1 Å². The fraction of sp³-hybridized carbons (Fsp3) is 0.471. The van der Waals surface area contributed by atoms with Gasteiger partial charge in [-0.1, -0.05) is 17.7 Å². The molecule has 0 unspecified atom stereocenters. The van der Waals surface area contributed by atoms with Crippen LogP contribution >= 0.6 is 0 Å². The number of halogens is 3. The predicted octanol–water partition coefficient (Wildman–Crippen LogP) is 4.68. The molecule has 1 aromatic carbocycles. The molecule has 124 valence electrons. The number of aryl methyl sites for hydroxylation is 3. The lowest BCUT2D eigenvalue weighted by Crippen LogP contribution is -2.29. The molecule has 0 fully saturated rings. The molecular formula is C17H20F3N3. The van der Waals surface area contributed by atoms with Crippen LogP contribution in [0.4, 0.5) is 24.8 Å². The maximum Gasteiger partial charge on any atom is 0.435 e. The van der Waals surface area contributed by atoms with Crippen LogP contribution in [0, 0.1) is 27.7 Å². The third-order valence-electron chi connectivity index (χ3n) is 4.38. The van der Waals surface area contributed by atoms with Crippen molar-refractivity contribution in [3.8, 4) is 0 Å². The van der Waals surface area contributed by atoms with Gasteiger partial charge in [0.2, 0.25) is 5.95 Å². The fourth-order valence-corrected chi connectivity index (χ4v) is 3.56. The maximum atomic E-state index is 13.2. The Labute approximate surface area is 133 Å². The van der Waals surface area contributed by atoms with Crippen LogP contribution in [-0.2, 0) is 12.7 Å². The lowest BCUT2D eigenvalue weighted by atomic mass is 10.0. The standard InChI is InChI=1S/C17H20F3N3/c1-10-8-11(2)14(12(3)9-10)23-7-5-6-22-13(4)15(17(18,19)20)21-16(22)23/h8-9H,5-7H2,1-4H3. The highest BCUT2D eigenvalue weighted by Crippen LogP contribution is 2.39. The normalized spacial score (nSPS) is 15.0. The number of nitrogens with zero attached hydrogens (tertiary/aromatic N) is 3. The average Bonchev–Trinajstić information content (AvgIpc) is 2.76. The van der Waals surface area contributed by atoms with Crippen LogP contribution < -0.4 is 4.90 Å². The number of hydrogen-bond acceptors (Lipinski definition) is 2. The molecule has 3 nitrogen and oxygen atoms in total. The van der Waals surface area contributed by atoms with E-state index in [1.807, 2.05) is 25.7 Å². The molecule has 0 radical (unpaired) electrons. The summed E-state index contributed by atoms with van der Waals surface area (Å²) in [4.78, 5) is 5.87. The number of imidazole rings is 1. The second-order valence-corrected chi connectivity index (χ2v) is 6.25. The van der Waals surface area contributed by atoms with E-state index in [0.717, 1.165) is 28.8 Å². The van der Waals surface area contributed by atoms with Crippen molar-refractivity contribution in [2.45, 2.75) is 46.8 Å². The number of alkyl halides is 3. The van der Waals surface area contributed by atoms with E-state index >= 15 is 0 Å². The Balaban J connectivity index is 2.17. The highest BCUT2D eigenvalue weighted by molar-refractivity contribution is 5.67. The Morgan fingerprint density at radius 2 is 1.61 bits per heavy atom. The Morgan fingerprint density at radius 3 is 2.17 bits per heavy atom. The van der Waals surface area contributed by atoms with Gasteiger partial charge in [-0.25, -0.2) is 4.98 Å². The summed E-state index contributed by atoms with van der Waals surface area (Å²) in [5.74, 6) is 0.399. The van der Waals surface area contributed by atoms with Crippen LogP contribution in [0.1, 0.15) is 34.5 Å². The Hall–Kier alpha value is -1.98. The van der Waals surface area contributed by atoms with Crippen molar-refractivity contribution in [3.63, 3.8) is 0 Å². The number of rotatable bonds is 1. The molecule has 0 aliphatic carbocycles. The van der Waals surface area contributed by atoms with E-state index in [1.165, 1.54) is 6.92 Å². The molecule has 0 amide bonds. The molecule has 23 heavy (non-hydrogen) atoms. The summed E-state index contributed by atoms with van der Waals surface area (Å²) in [5.41, 5.74) is 3.66. The van der Waals surface area contributed by atoms with Gasteiger partial charge in [0, 0.05) is 24.5 Å².